The molecule has 1 aliphatic heterocycles. The molecule has 0 bridgehead atoms. The highest BCUT2D eigenvalue weighted by Gasteiger charge is 2.42. The molecule has 1 aliphatic carbocycles. The largest absolute Gasteiger partial charge is 0.500 e. The summed E-state index contributed by atoms with van der Waals surface area (Å²) in [4.78, 5) is 39.1. The number of hydrogen-bond donors (Lipinski definition) is 2. The highest BCUT2D eigenvalue weighted by atomic mass is 32.2. The molecule has 1 aromatic carbocycles. The number of ether oxygens (including phenoxy) is 2. The first-order valence-corrected chi connectivity index (χ1v) is 13.9. The fraction of sp³-hybridized carbons (Fsp3) is 0.385. The van der Waals surface area contributed by atoms with Crippen molar-refractivity contribution in [2.24, 2.45) is 0 Å². The molecule has 2 unspecified atom stereocenters. The van der Waals surface area contributed by atoms with Gasteiger partial charge in [0.1, 0.15) is 6.61 Å². The number of nitro groups is 1. The number of ketones is 1. The van der Waals surface area contributed by atoms with Crippen molar-refractivity contribution >= 4 is 40.5 Å². The first-order valence-electron chi connectivity index (χ1n) is 11.8. The maximum absolute atomic E-state index is 13.6. The summed E-state index contributed by atoms with van der Waals surface area (Å²) < 4.78 is 10.8. The average molecular weight is 545 g/mol. The lowest BCUT2D eigenvalue weighted by molar-refractivity contribution is -0.386. The van der Waals surface area contributed by atoms with Crippen LogP contribution in [0.4, 0.5) is 5.69 Å². The van der Waals surface area contributed by atoms with E-state index in [-0.39, 0.29) is 36.1 Å². The van der Waals surface area contributed by atoms with Crippen molar-refractivity contribution in [3.63, 3.8) is 0 Å². The standard InChI is InChI=1S/C26H28N2O7S2/c1-4-36-9-7-35-26(31)22-14(2)27-17-10-15(21-6-5-8-37-21)12-19(29)24(17)23(22)16-11-18(28(32)33)25(30)20(13-16)34-3/h5-6,8,11,13,15,23,27,30H,4,7,9-10,12H2,1-3H3. The van der Waals surface area contributed by atoms with Crippen LogP contribution in [-0.4, -0.2) is 47.0 Å². The van der Waals surface area contributed by atoms with Crippen LogP contribution >= 0.6 is 23.1 Å². The number of dihydropyridines is 1. The zero-order valence-corrected chi connectivity index (χ0v) is 22.4. The van der Waals surface area contributed by atoms with E-state index < -0.39 is 28.2 Å². The molecule has 0 saturated carbocycles. The summed E-state index contributed by atoms with van der Waals surface area (Å²) in [5, 5.41) is 27.3. The Balaban J connectivity index is 1.83. The molecule has 2 atom stereocenters. The normalized spacial score (nSPS) is 19.4. The van der Waals surface area contributed by atoms with Gasteiger partial charge in [-0.15, -0.1) is 11.3 Å². The number of phenolic OH excluding ortho intramolecular Hbond substituents is 1. The number of methoxy groups -OCH3 is 1. The molecule has 37 heavy (non-hydrogen) atoms. The molecule has 2 heterocycles. The summed E-state index contributed by atoms with van der Waals surface area (Å²) >= 11 is 3.22. The van der Waals surface area contributed by atoms with Crippen LogP contribution in [0.3, 0.4) is 0 Å². The van der Waals surface area contributed by atoms with E-state index in [9.17, 15) is 24.8 Å². The van der Waals surface area contributed by atoms with Crippen LogP contribution in [-0.2, 0) is 14.3 Å². The zero-order valence-electron chi connectivity index (χ0n) is 20.7. The van der Waals surface area contributed by atoms with Gasteiger partial charge in [0, 0.05) is 51.9 Å². The quantitative estimate of drug-likeness (QED) is 0.193. The number of nitrogens with one attached hydrogen (secondary N) is 1. The summed E-state index contributed by atoms with van der Waals surface area (Å²) in [6.45, 7) is 3.94. The number of nitrogens with zero attached hydrogens (tertiary/aromatic N) is 1. The summed E-state index contributed by atoms with van der Waals surface area (Å²) in [7, 11) is 1.29. The number of benzene rings is 1. The van der Waals surface area contributed by atoms with Gasteiger partial charge in [-0.05, 0) is 42.2 Å². The van der Waals surface area contributed by atoms with Crippen LogP contribution in [0.15, 0.2) is 52.2 Å². The molecule has 0 fully saturated rings. The van der Waals surface area contributed by atoms with E-state index >= 15 is 0 Å². The fourth-order valence-corrected chi connectivity index (χ4v) is 6.18. The minimum absolute atomic E-state index is 0.00420. The van der Waals surface area contributed by atoms with Gasteiger partial charge in [0.25, 0.3) is 0 Å². The lowest BCUT2D eigenvalue weighted by Gasteiger charge is -2.36. The Bertz CT molecular complexity index is 1280. The third kappa shape index (κ3) is 5.37. The van der Waals surface area contributed by atoms with E-state index in [0.717, 1.165) is 10.6 Å². The Morgan fingerprint density at radius 1 is 1.35 bits per heavy atom. The number of aromatic hydroxyl groups is 1. The van der Waals surface area contributed by atoms with Crippen LogP contribution in [0.1, 0.15) is 49.0 Å². The summed E-state index contributed by atoms with van der Waals surface area (Å²) in [5.41, 5.74) is 1.53. The van der Waals surface area contributed by atoms with Gasteiger partial charge in [0.2, 0.25) is 5.75 Å². The van der Waals surface area contributed by atoms with E-state index in [1.54, 1.807) is 30.0 Å². The number of rotatable bonds is 9. The van der Waals surface area contributed by atoms with Crippen LogP contribution in [0.2, 0.25) is 0 Å². The molecule has 0 radical (unpaired) electrons. The number of carbonyl (C=O) groups is 2. The number of carbonyl (C=O) groups excluding carboxylic acids is 2. The van der Waals surface area contributed by atoms with Crippen molar-refractivity contribution < 1.29 is 29.1 Å². The third-order valence-electron chi connectivity index (χ3n) is 6.49. The average Bonchev–Trinajstić information content (AvgIpc) is 3.41. The number of Topliss-reactive ketones (excluding diaryl/α,β-unsaturated/α-hetero) is 1. The number of thioether (sulfide) groups is 1. The van der Waals surface area contributed by atoms with Gasteiger partial charge >= 0.3 is 11.7 Å². The smallest absolute Gasteiger partial charge is 0.336 e. The Hall–Kier alpha value is -3.31. The van der Waals surface area contributed by atoms with E-state index in [4.69, 9.17) is 9.47 Å². The van der Waals surface area contributed by atoms with Gasteiger partial charge in [-0.1, -0.05) is 13.0 Å². The molecule has 196 valence electrons. The van der Waals surface area contributed by atoms with Gasteiger partial charge in [-0.2, -0.15) is 11.8 Å². The van der Waals surface area contributed by atoms with E-state index in [1.807, 2.05) is 24.4 Å². The van der Waals surface area contributed by atoms with Gasteiger partial charge in [0.15, 0.2) is 11.5 Å². The molecule has 0 amide bonds. The number of esters is 1. The molecule has 1 aromatic heterocycles. The highest BCUT2D eigenvalue weighted by Crippen LogP contribution is 2.49. The molecule has 11 heteroatoms. The second kappa shape index (κ2) is 11.4. The Morgan fingerprint density at radius 2 is 2.14 bits per heavy atom. The molecule has 2 aliphatic rings. The molecular weight excluding hydrogens is 516 g/mol. The molecule has 2 N–H and O–H groups in total. The first kappa shape index (κ1) is 26.7. The van der Waals surface area contributed by atoms with Crippen molar-refractivity contribution in [3.05, 3.63) is 72.7 Å². The number of nitro benzene ring substituents is 1. The Morgan fingerprint density at radius 3 is 2.78 bits per heavy atom. The van der Waals surface area contributed by atoms with Gasteiger partial charge < -0.3 is 19.9 Å². The van der Waals surface area contributed by atoms with Gasteiger partial charge in [-0.3, -0.25) is 14.9 Å². The summed E-state index contributed by atoms with van der Waals surface area (Å²) in [5.74, 6) is -0.880. The van der Waals surface area contributed by atoms with Crippen LogP contribution < -0.4 is 10.1 Å². The van der Waals surface area contributed by atoms with Crippen LogP contribution in [0.5, 0.6) is 11.5 Å². The maximum atomic E-state index is 13.6. The Kier molecular flexibility index (Phi) is 8.23. The van der Waals surface area contributed by atoms with Crippen LogP contribution in [0.25, 0.3) is 0 Å². The number of hydrogen-bond acceptors (Lipinski definition) is 10. The summed E-state index contributed by atoms with van der Waals surface area (Å²) in [6, 6.07) is 6.59. The van der Waals surface area contributed by atoms with E-state index in [2.05, 4.69) is 5.32 Å². The number of phenols is 1. The zero-order chi connectivity index (χ0) is 26.7. The fourth-order valence-electron chi connectivity index (χ4n) is 4.86. The lowest BCUT2D eigenvalue weighted by Crippen LogP contribution is -2.36. The molecular formula is C26H28N2O7S2. The SMILES string of the molecule is CCSCCOC(=O)C1=C(C)NC2=C(C(=O)CC(c3cccs3)C2)C1c1cc(OC)c(O)c([N+](=O)[O-])c1. The van der Waals surface area contributed by atoms with Crippen LogP contribution in [0, 0.1) is 10.1 Å². The molecule has 0 spiro atoms. The van der Waals surface area contributed by atoms with Gasteiger partial charge in [0.05, 0.1) is 17.6 Å². The first-order chi connectivity index (χ1) is 17.8. The maximum Gasteiger partial charge on any atom is 0.336 e. The minimum Gasteiger partial charge on any atom is -0.500 e. The van der Waals surface area contributed by atoms with Crippen molar-refractivity contribution in [3.8, 4) is 11.5 Å². The molecule has 0 saturated heterocycles. The molecule has 9 nitrogen and oxygen atoms in total. The Labute approximate surface area is 222 Å². The number of thiophene rings is 1. The minimum atomic E-state index is -0.910. The lowest BCUT2D eigenvalue weighted by atomic mass is 9.72. The van der Waals surface area contributed by atoms with Crippen molar-refractivity contribution in [2.45, 2.75) is 38.5 Å². The second-order valence-corrected chi connectivity index (χ2v) is 11.1. The predicted octanol–water partition coefficient (Wildman–Crippen LogP) is 5.03. The van der Waals surface area contributed by atoms with Gasteiger partial charge in [-0.25, -0.2) is 4.79 Å². The third-order valence-corrected chi connectivity index (χ3v) is 8.38. The van der Waals surface area contributed by atoms with Crippen molar-refractivity contribution in [2.75, 3.05) is 25.2 Å². The molecule has 2 aromatic rings. The topological polar surface area (TPSA) is 128 Å². The van der Waals surface area contributed by atoms with E-state index in [0.29, 0.717) is 34.7 Å². The molecule has 4 rings (SSSR count). The highest BCUT2D eigenvalue weighted by molar-refractivity contribution is 7.99. The summed E-state index contributed by atoms with van der Waals surface area (Å²) in [6.07, 6.45) is 0.811. The predicted molar refractivity (Wildman–Crippen MR) is 142 cm³/mol. The van der Waals surface area contributed by atoms with Crippen molar-refractivity contribution in [1.29, 1.82) is 0 Å². The monoisotopic (exact) mass is 544 g/mol. The van der Waals surface area contributed by atoms with Crippen molar-refractivity contribution in [1.82, 2.24) is 5.32 Å². The van der Waals surface area contributed by atoms with E-state index in [1.165, 1.54) is 19.2 Å². The second-order valence-electron chi connectivity index (χ2n) is 8.71. The number of allylic oxidation sites excluding steroid dienone is 3.